The number of hydrogen-bond donors (Lipinski definition) is 0. The Balaban J connectivity index is 1.32. The summed E-state index contributed by atoms with van der Waals surface area (Å²) >= 11 is 0. The van der Waals surface area contributed by atoms with Crippen LogP contribution in [0.2, 0.25) is 0 Å². The molecule has 1 heteroatoms. The Labute approximate surface area is 210 Å². The third kappa shape index (κ3) is 7.26. The van der Waals surface area contributed by atoms with Crippen molar-refractivity contribution < 1.29 is 4.39 Å². The van der Waals surface area contributed by atoms with Crippen LogP contribution in [0.3, 0.4) is 0 Å². The molecule has 4 rings (SSSR count). The van der Waals surface area contributed by atoms with Crippen LogP contribution in [0.15, 0.2) is 97.1 Å². The summed E-state index contributed by atoms with van der Waals surface area (Å²) in [6, 6.07) is 33.6. The van der Waals surface area contributed by atoms with Gasteiger partial charge in [0.15, 0.2) is 0 Å². The molecule has 0 aromatic heterocycles. The molecule has 0 N–H and O–H groups in total. The zero-order chi connectivity index (χ0) is 24.5. The average molecular weight is 463 g/mol. The van der Waals surface area contributed by atoms with Crippen LogP contribution >= 0.6 is 0 Å². The van der Waals surface area contributed by atoms with E-state index in [2.05, 4.69) is 92.7 Å². The molecule has 4 aromatic carbocycles. The molecule has 0 nitrogen and oxygen atoms in total. The molecule has 0 radical (unpaired) electrons. The average Bonchev–Trinajstić information content (AvgIpc) is 2.89. The van der Waals surface area contributed by atoms with E-state index < -0.39 is 0 Å². The molecular formula is C34H35F. The Morgan fingerprint density at radius 3 is 1.91 bits per heavy atom. The van der Waals surface area contributed by atoms with Crippen LogP contribution in [-0.2, 0) is 25.7 Å². The molecule has 0 amide bonds. The monoisotopic (exact) mass is 462 g/mol. The van der Waals surface area contributed by atoms with E-state index in [1.165, 1.54) is 28.7 Å². The van der Waals surface area contributed by atoms with Gasteiger partial charge in [0.2, 0.25) is 0 Å². The van der Waals surface area contributed by atoms with Gasteiger partial charge < -0.3 is 0 Å². The van der Waals surface area contributed by atoms with Gasteiger partial charge in [-0.05, 0) is 71.0 Å². The molecule has 1 atom stereocenters. The molecule has 35 heavy (non-hydrogen) atoms. The van der Waals surface area contributed by atoms with Crippen molar-refractivity contribution in [1.82, 2.24) is 0 Å². The predicted molar refractivity (Wildman–Crippen MR) is 148 cm³/mol. The van der Waals surface area contributed by atoms with Gasteiger partial charge in [0.25, 0.3) is 0 Å². The number of halogens is 1. The lowest BCUT2D eigenvalue weighted by Gasteiger charge is -2.12. The van der Waals surface area contributed by atoms with Crippen molar-refractivity contribution in [2.24, 2.45) is 0 Å². The fourth-order valence-electron chi connectivity index (χ4n) is 4.52. The largest absolute Gasteiger partial charge is 0.206 e. The number of aryl methyl sites for hydroxylation is 3. The van der Waals surface area contributed by atoms with Crippen molar-refractivity contribution in [1.29, 1.82) is 0 Å². The quantitative estimate of drug-likeness (QED) is 0.206. The van der Waals surface area contributed by atoms with Gasteiger partial charge in [-0.25, -0.2) is 4.39 Å². The van der Waals surface area contributed by atoms with Gasteiger partial charge in [-0.2, -0.15) is 0 Å². The highest BCUT2D eigenvalue weighted by atomic mass is 19.1. The Kier molecular flexibility index (Phi) is 8.68. The van der Waals surface area contributed by atoms with Crippen LogP contribution in [-0.4, -0.2) is 0 Å². The van der Waals surface area contributed by atoms with Crippen molar-refractivity contribution in [2.75, 3.05) is 0 Å². The summed E-state index contributed by atoms with van der Waals surface area (Å²) in [6.45, 7) is 4.46. The maximum atomic E-state index is 14.7. The van der Waals surface area contributed by atoms with Crippen molar-refractivity contribution in [2.45, 2.75) is 51.9 Å². The van der Waals surface area contributed by atoms with Crippen LogP contribution in [0.5, 0.6) is 0 Å². The summed E-state index contributed by atoms with van der Waals surface area (Å²) in [5, 5.41) is 0. The van der Waals surface area contributed by atoms with Gasteiger partial charge in [0.1, 0.15) is 5.82 Å². The highest BCUT2D eigenvalue weighted by molar-refractivity contribution is 5.70. The number of benzene rings is 4. The molecule has 178 valence electrons. The molecule has 0 saturated carbocycles. The van der Waals surface area contributed by atoms with E-state index in [9.17, 15) is 4.39 Å². The van der Waals surface area contributed by atoms with E-state index in [0.717, 1.165) is 36.8 Å². The number of hydrogen-bond acceptors (Lipinski definition) is 0. The molecule has 0 aliphatic heterocycles. The Hall–Kier alpha value is -3.45. The Bertz CT molecular complexity index is 1220. The minimum Gasteiger partial charge on any atom is -0.206 e. The predicted octanol–water partition coefficient (Wildman–Crippen LogP) is 9.08. The topological polar surface area (TPSA) is 0 Å². The van der Waals surface area contributed by atoms with E-state index in [-0.39, 0.29) is 5.82 Å². The summed E-state index contributed by atoms with van der Waals surface area (Å²) in [7, 11) is 0. The van der Waals surface area contributed by atoms with Crippen molar-refractivity contribution in [3.05, 3.63) is 142 Å². The van der Waals surface area contributed by atoms with Gasteiger partial charge in [0.05, 0.1) is 0 Å². The normalized spacial score (nSPS) is 12.2. The second kappa shape index (κ2) is 12.3. The summed E-state index contributed by atoms with van der Waals surface area (Å²) in [4.78, 5) is 0. The first-order chi connectivity index (χ1) is 17.1. The van der Waals surface area contributed by atoms with Crippen molar-refractivity contribution in [3.63, 3.8) is 0 Å². The van der Waals surface area contributed by atoms with E-state index in [1.54, 1.807) is 6.07 Å². The summed E-state index contributed by atoms with van der Waals surface area (Å²) in [6.07, 6.45) is 8.92. The SMILES string of the molecule is CCCc1ccc(CCc2ccc(C=Cc3ccc(C[C@@H](C)c4ccccc4)cc3)c(F)c2)cc1. The van der Waals surface area contributed by atoms with Crippen LogP contribution in [0.1, 0.15) is 65.1 Å². The van der Waals surface area contributed by atoms with Gasteiger partial charge in [-0.3, -0.25) is 0 Å². The third-order valence-electron chi connectivity index (χ3n) is 6.67. The summed E-state index contributed by atoms with van der Waals surface area (Å²) in [5.41, 5.74) is 8.10. The molecule has 0 saturated heterocycles. The van der Waals surface area contributed by atoms with Crippen LogP contribution in [0, 0.1) is 5.82 Å². The van der Waals surface area contributed by atoms with Crippen LogP contribution in [0.25, 0.3) is 12.2 Å². The van der Waals surface area contributed by atoms with Crippen molar-refractivity contribution in [3.8, 4) is 0 Å². The second-order valence-corrected chi connectivity index (χ2v) is 9.51. The minimum atomic E-state index is -0.162. The van der Waals surface area contributed by atoms with E-state index in [0.29, 0.717) is 11.5 Å². The fraction of sp³-hybridized carbons (Fsp3) is 0.235. The van der Waals surface area contributed by atoms with Gasteiger partial charge in [-0.15, -0.1) is 0 Å². The molecule has 0 spiro atoms. The lowest BCUT2D eigenvalue weighted by Crippen LogP contribution is -1.98. The standard InChI is InChI=1S/C34H35F/c1-3-7-27-10-12-28(13-11-27)16-19-31-21-23-33(34(35)25-31)22-20-29-14-17-30(18-15-29)24-26(2)32-8-5-4-6-9-32/h4-6,8-15,17-18,20-23,25-26H,3,7,16,19,24H2,1-2H3/t26-/m1/s1. The zero-order valence-electron chi connectivity index (χ0n) is 20.9. The summed E-state index contributed by atoms with van der Waals surface area (Å²) < 4.78 is 14.7. The second-order valence-electron chi connectivity index (χ2n) is 9.51. The van der Waals surface area contributed by atoms with E-state index >= 15 is 0 Å². The number of rotatable bonds is 10. The maximum absolute atomic E-state index is 14.7. The molecule has 0 bridgehead atoms. The highest BCUT2D eigenvalue weighted by Gasteiger charge is 2.06. The smallest absolute Gasteiger partial charge is 0.130 e. The maximum Gasteiger partial charge on any atom is 0.130 e. The molecule has 0 aliphatic rings. The molecule has 0 fully saturated rings. The molecule has 0 aliphatic carbocycles. The van der Waals surface area contributed by atoms with Crippen LogP contribution in [0.4, 0.5) is 4.39 Å². The molecule has 0 unspecified atom stereocenters. The first-order valence-corrected chi connectivity index (χ1v) is 12.8. The van der Waals surface area contributed by atoms with Crippen LogP contribution < -0.4 is 0 Å². The fourth-order valence-corrected chi connectivity index (χ4v) is 4.52. The molecule has 4 aromatic rings. The summed E-state index contributed by atoms with van der Waals surface area (Å²) in [5.74, 6) is 0.316. The van der Waals surface area contributed by atoms with Gasteiger partial charge in [-0.1, -0.05) is 123 Å². The van der Waals surface area contributed by atoms with E-state index in [1.807, 2.05) is 24.3 Å². The lowest BCUT2D eigenvalue weighted by molar-refractivity contribution is 0.622. The Morgan fingerprint density at radius 2 is 1.26 bits per heavy atom. The van der Waals surface area contributed by atoms with Crippen molar-refractivity contribution >= 4 is 12.2 Å². The third-order valence-corrected chi connectivity index (χ3v) is 6.67. The molecule has 0 heterocycles. The first kappa shape index (κ1) is 24.7. The van der Waals surface area contributed by atoms with E-state index in [4.69, 9.17) is 0 Å². The highest BCUT2D eigenvalue weighted by Crippen LogP contribution is 2.21. The minimum absolute atomic E-state index is 0.162. The lowest BCUT2D eigenvalue weighted by atomic mass is 9.93. The zero-order valence-corrected chi connectivity index (χ0v) is 20.9. The molecular weight excluding hydrogens is 427 g/mol. The van der Waals surface area contributed by atoms with Gasteiger partial charge >= 0.3 is 0 Å². The van der Waals surface area contributed by atoms with Gasteiger partial charge in [0, 0.05) is 5.56 Å². The Morgan fingerprint density at radius 1 is 0.657 bits per heavy atom. The first-order valence-electron chi connectivity index (χ1n) is 12.8.